The van der Waals surface area contributed by atoms with Gasteiger partial charge in [-0.15, -0.1) is 0 Å². The Hall–Kier alpha value is -1.42. The molecular formula is C14H20N2O2. The van der Waals surface area contributed by atoms with Crippen molar-refractivity contribution in [2.45, 2.75) is 38.6 Å². The van der Waals surface area contributed by atoms with Crippen molar-refractivity contribution in [2.24, 2.45) is 0 Å². The van der Waals surface area contributed by atoms with Gasteiger partial charge in [0.15, 0.2) is 0 Å². The molecule has 0 bridgehead atoms. The normalized spacial score (nSPS) is 19.9. The summed E-state index contributed by atoms with van der Waals surface area (Å²) in [5.41, 5.74) is 1.46. The highest BCUT2D eigenvalue weighted by Gasteiger charge is 2.27. The van der Waals surface area contributed by atoms with E-state index in [0.29, 0.717) is 12.0 Å². The van der Waals surface area contributed by atoms with E-state index in [1.165, 1.54) is 0 Å². The van der Waals surface area contributed by atoms with Crippen molar-refractivity contribution in [3.05, 3.63) is 29.6 Å². The number of carbonyl (C=O) groups is 1. The van der Waals surface area contributed by atoms with Gasteiger partial charge < -0.3 is 10.0 Å². The molecule has 0 radical (unpaired) electrons. The number of rotatable bonds is 3. The Labute approximate surface area is 108 Å². The van der Waals surface area contributed by atoms with Gasteiger partial charge in [0.05, 0.1) is 5.56 Å². The molecule has 0 aromatic carbocycles. The van der Waals surface area contributed by atoms with Crippen LogP contribution in [-0.2, 0) is 0 Å². The van der Waals surface area contributed by atoms with Gasteiger partial charge >= 0.3 is 0 Å². The molecule has 1 amide bonds. The van der Waals surface area contributed by atoms with Crippen LogP contribution in [0, 0.1) is 6.92 Å². The van der Waals surface area contributed by atoms with E-state index in [4.69, 9.17) is 5.11 Å². The number of piperidine rings is 1. The Bertz CT molecular complexity index is 418. The average molecular weight is 248 g/mol. The highest BCUT2D eigenvalue weighted by molar-refractivity contribution is 5.95. The molecule has 1 atom stereocenters. The quantitative estimate of drug-likeness (QED) is 0.887. The molecule has 98 valence electrons. The van der Waals surface area contributed by atoms with Crippen LogP contribution in [0.4, 0.5) is 0 Å². The molecule has 1 aromatic rings. The van der Waals surface area contributed by atoms with E-state index < -0.39 is 0 Å². The number of hydrogen-bond donors (Lipinski definition) is 1. The smallest absolute Gasteiger partial charge is 0.255 e. The van der Waals surface area contributed by atoms with Crippen LogP contribution >= 0.6 is 0 Å². The standard InChI is InChI=1S/C14H20N2O2/c1-11-13(6-4-8-15-11)14(18)16-9-3-2-5-12(16)7-10-17/h4,6,8,12,17H,2-3,5,7,9-10H2,1H3. The van der Waals surface area contributed by atoms with Crippen molar-refractivity contribution in [3.63, 3.8) is 0 Å². The second-order valence-electron chi connectivity index (χ2n) is 4.80. The van der Waals surface area contributed by atoms with E-state index in [2.05, 4.69) is 4.98 Å². The lowest BCUT2D eigenvalue weighted by Crippen LogP contribution is -2.44. The Morgan fingerprint density at radius 2 is 2.39 bits per heavy atom. The minimum Gasteiger partial charge on any atom is -0.396 e. The summed E-state index contributed by atoms with van der Waals surface area (Å²) in [6.45, 7) is 2.79. The maximum atomic E-state index is 12.5. The lowest BCUT2D eigenvalue weighted by Gasteiger charge is -2.35. The predicted octanol–water partition coefficient (Wildman–Crippen LogP) is 1.77. The van der Waals surface area contributed by atoms with Gasteiger partial charge in [0.1, 0.15) is 0 Å². The lowest BCUT2D eigenvalue weighted by atomic mass is 9.98. The predicted molar refractivity (Wildman–Crippen MR) is 69.4 cm³/mol. The Morgan fingerprint density at radius 1 is 1.56 bits per heavy atom. The van der Waals surface area contributed by atoms with Crippen molar-refractivity contribution in [2.75, 3.05) is 13.2 Å². The van der Waals surface area contributed by atoms with Gasteiger partial charge in [-0.3, -0.25) is 9.78 Å². The van der Waals surface area contributed by atoms with E-state index in [9.17, 15) is 4.79 Å². The number of nitrogens with zero attached hydrogens (tertiary/aromatic N) is 2. The zero-order valence-electron chi connectivity index (χ0n) is 10.8. The summed E-state index contributed by atoms with van der Waals surface area (Å²) in [4.78, 5) is 18.6. The molecule has 2 heterocycles. The van der Waals surface area contributed by atoms with Gasteiger partial charge in [-0.1, -0.05) is 0 Å². The molecule has 1 unspecified atom stereocenters. The Balaban J connectivity index is 2.18. The zero-order valence-corrected chi connectivity index (χ0v) is 10.8. The molecule has 0 saturated carbocycles. The van der Waals surface area contributed by atoms with Crippen LogP contribution in [0.3, 0.4) is 0 Å². The molecule has 4 heteroatoms. The highest BCUT2D eigenvalue weighted by atomic mass is 16.3. The number of amides is 1. The van der Waals surface area contributed by atoms with Crippen LogP contribution in [0.15, 0.2) is 18.3 Å². The number of pyridine rings is 1. The first-order valence-corrected chi connectivity index (χ1v) is 6.57. The van der Waals surface area contributed by atoms with Gasteiger partial charge in [0.2, 0.25) is 0 Å². The molecule has 1 aromatic heterocycles. The third-order valence-corrected chi connectivity index (χ3v) is 3.59. The molecule has 1 N–H and O–H groups in total. The maximum absolute atomic E-state index is 12.5. The molecule has 1 saturated heterocycles. The number of aryl methyl sites for hydroxylation is 1. The van der Waals surface area contributed by atoms with Crippen molar-refractivity contribution in [3.8, 4) is 0 Å². The second-order valence-corrected chi connectivity index (χ2v) is 4.80. The summed E-state index contributed by atoms with van der Waals surface area (Å²) >= 11 is 0. The Kier molecular flexibility index (Phi) is 4.31. The number of hydrogen-bond acceptors (Lipinski definition) is 3. The SMILES string of the molecule is Cc1ncccc1C(=O)N1CCCCC1CCO. The number of aliphatic hydroxyl groups excluding tert-OH is 1. The Morgan fingerprint density at radius 3 is 3.11 bits per heavy atom. The number of aromatic nitrogens is 1. The third kappa shape index (κ3) is 2.70. The van der Waals surface area contributed by atoms with Crippen molar-refractivity contribution in [1.82, 2.24) is 9.88 Å². The van der Waals surface area contributed by atoms with Crippen LogP contribution in [0.1, 0.15) is 41.7 Å². The van der Waals surface area contributed by atoms with Crippen LogP contribution in [0.25, 0.3) is 0 Å². The molecule has 1 aliphatic rings. The first-order chi connectivity index (χ1) is 8.74. The number of likely N-dealkylation sites (tertiary alicyclic amines) is 1. The fourth-order valence-electron chi connectivity index (χ4n) is 2.58. The fraction of sp³-hybridized carbons (Fsp3) is 0.571. The highest BCUT2D eigenvalue weighted by Crippen LogP contribution is 2.22. The monoisotopic (exact) mass is 248 g/mol. The van der Waals surface area contributed by atoms with Gasteiger partial charge in [0, 0.05) is 31.1 Å². The van der Waals surface area contributed by atoms with Crippen LogP contribution in [0.2, 0.25) is 0 Å². The van der Waals surface area contributed by atoms with Crippen molar-refractivity contribution >= 4 is 5.91 Å². The van der Waals surface area contributed by atoms with Crippen LogP contribution in [-0.4, -0.2) is 40.1 Å². The average Bonchev–Trinajstić information content (AvgIpc) is 2.40. The van der Waals surface area contributed by atoms with Crippen molar-refractivity contribution < 1.29 is 9.90 Å². The molecule has 1 fully saturated rings. The van der Waals surface area contributed by atoms with E-state index in [0.717, 1.165) is 31.5 Å². The maximum Gasteiger partial charge on any atom is 0.255 e. The topological polar surface area (TPSA) is 53.4 Å². The van der Waals surface area contributed by atoms with E-state index >= 15 is 0 Å². The summed E-state index contributed by atoms with van der Waals surface area (Å²) in [5, 5.41) is 9.09. The first kappa shape index (κ1) is 13.0. The van der Waals surface area contributed by atoms with E-state index in [-0.39, 0.29) is 18.6 Å². The molecule has 4 nitrogen and oxygen atoms in total. The van der Waals surface area contributed by atoms with Crippen LogP contribution < -0.4 is 0 Å². The number of aliphatic hydroxyl groups is 1. The van der Waals surface area contributed by atoms with E-state index in [1.807, 2.05) is 17.9 Å². The van der Waals surface area contributed by atoms with E-state index in [1.54, 1.807) is 12.3 Å². The lowest BCUT2D eigenvalue weighted by molar-refractivity contribution is 0.0573. The summed E-state index contributed by atoms with van der Waals surface area (Å²) in [5.74, 6) is 0.0544. The minimum absolute atomic E-state index is 0.0544. The molecule has 18 heavy (non-hydrogen) atoms. The summed E-state index contributed by atoms with van der Waals surface area (Å²) in [6, 6.07) is 3.80. The minimum atomic E-state index is 0.0544. The van der Waals surface area contributed by atoms with Gasteiger partial charge in [-0.2, -0.15) is 0 Å². The molecular weight excluding hydrogens is 228 g/mol. The van der Waals surface area contributed by atoms with Crippen molar-refractivity contribution in [1.29, 1.82) is 0 Å². The number of carbonyl (C=O) groups excluding carboxylic acids is 1. The summed E-state index contributed by atoms with van der Waals surface area (Å²) < 4.78 is 0. The molecule has 0 aliphatic carbocycles. The fourth-order valence-corrected chi connectivity index (χ4v) is 2.58. The first-order valence-electron chi connectivity index (χ1n) is 6.57. The van der Waals surface area contributed by atoms with Gasteiger partial charge in [-0.25, -0.2) is 0 Å². The largest absolute Gasteiger partial charge is 0.396 e. The summed E-state index contributed by atoms with van der Waals surface area (Å²) in [6.07, 6.45) is 5.55. The zero-order chi connectivity index (χ0) is 13.0. The summed E-state index contributed by atoms with van der Waals surface area (Å²) in [7, 11) is 0. The molecule has 0 spiro atoms. The molecule has 2 rings (SSSR count). The van der Waals surface area contributed by atoms with Gasteiger partial charge in [0.25, 0.3) is 5.91 Å². The molecule has 1 aliphatic heterocycles. The third-order valence-electron chi connectivity index (χ3n) is 3.59. The van der Waals surface area contributed by atoms with Crippen LogP contribution in [0.5, 0.6) is 0 Å². The second kappa shape index (κ2) is 5.96. The van der Waals surface area contributed by atoms with Gasteiger partial charge in [-0.05, 0) is 44.7 Å².